The van der Waals surface area contributed by atoms with E-state index in [1.807, 2.05) is 30.3 Å². The molecule has 4 nitrogen and oxygen atoms in total. The van der Waals surface area contributed by atoms with E-state index in [1.54, 1.807) is 11.1 Å². The third-order valence-corrected chi connectivity index (χ3v) is 9.81. The van der Waals surface area contributed by atoms with Crippen molar-refractivity contribution in [2.45, 2.75) is 64.0 Å². The quantitative estimate of drug-likeness (QED) is 0.293. The number of hydrogen-bond donors (Lipinski definition) is 0. The summed E-state index contributed by atoms with van der Waals surface area (Å²) < 4.78 is 6.28. The Hall–Kier alpha value is -3.13. The topological polar surface area (TPSA) is 20.1 Å². The number of para-hydroxylation sites is 1. The van der Waals surface area contributed by atoms with Gasteiger partial charge in [-0.25, -0.2) is 4.85 Å². The molecule has 2 fully saturated rings. The lowest BCUT2D eigenvalue weighted by Gasteiger charge is -2.54. The molecule has 4 heteroatoms. The van der Waals surface area contributed by atoms with Crippen LogP contribution in [0.1, 0.15) is 62.1 Å². The predicted octanol–water partition coefficient (Wildman–Crippen LogP) is 8.21. The smallest absolute Gasteiger partial charge is 0.187 e. The molecule has 202 valence electrons. The Morgan fingerprint density at radius 3 is 2.28 bits per heavy atom. The van der Waals surface area contributed by atoms with Gasteiger partial charge >= 0.3 is 0 Å². The van der Waals surface area contributed by atoms with Gasteiger partial charge in [-0.15, -0.1) is 0 Å². The highest BCUT2D eigenvalue weighted by Gasteiger charge is 2.51. The first kappa shape index (κ1) is 26.1. The molecule has 0 radical (unpaired) electrons. The zero-order valence-electron chi connectivity index (χ0n) is 23.3. The fourth-order valence-corrected chi connectivity index (χ4v) is 7.86. The lowest BCUT2D eigenvalue weighted by molar-refractivity contribution is 0.0385. The fraction of sp³-hybridized carbons (Fsp3) is 0.457. The van der Waals surface area contributed by atoms with Crippen molar-refractivity contribution in [3.8, 4) is 11.5 Å². The van der Waals surface area contributed by atoms with Crippen LogP contribution in [0.4, 0.5) is 5.69 Å². The van der Waals surface area contributed by atoms with E-state index in [-0.39, 0.29) is 0 Å². The molecular formula is C35H41N3O. The maximum absolute atomic E-state index is 7.18. The highest BCUT2D eigenvalue weighted by Crippen LogP contribution is 2.53. The van der Waals surface area contributed by atoms with Crippen molar-refractivity contribution in [2.24, 2.45) is 11.8 Å². The molecule has 1 atom stereocenters. The molecule has 1 unspecified atom stereocenters. The van der Waals surface area contributed by atoms with Crippen LogP contribution in [0.2, 0.25) is 0 Å². The third kappa shape index (κ3) is 5.23. The molecule has 0 N–H and O–H groups in total. The Balaban J connectivity index is 1.19. The van der Waals surface area contributed by atoms with Crippen LogP contribution in [0.25, 0.3) is 4.85 Å². The Morgan fingerprint density at radius 2 is 1.54 bits per heavy atom. The Morgan fingerprint density at radius 1 is 0.846 bits per heavy atom. The third-order valence-electron chi connectivity index (χ3n) is 9.81. The lowest BCUT2D eigenvalue weighted by atomic mass is 9.57. The van der Waals surface area contributed by atoms with Crippen molar-refractivity contribution in [1.82, 2.24) is 9.80 Å². The number of nitrogens with zero attached hydrogens (tertiary/aromatic N) is 3. The number of rotatable bonds is 7. The second kappa shape index (κ2) is 11.5. The Labute approximate surface area is 234 Å². The van der Waals surface area contributed by atoms with E-state index in [0.717, 1.165) is 56.1 Å². The summed E-state index contributed by atoms with van der Waals surface area (Å²) in [7, 11) is 0. The van der Waals surface area contributed by atoms with Crippen LogP contribution in [0.15, 0.2) is 72.8 Å². The second-order valence-corrected chi connectivity index (χ2v) is 11.8. The van der Waals surface area contributed by atoms with Gasteiger partial charge in [-0.05, 0) is 86.5 Å². The van der Waals surface area contributed by atoms with Crippen molar-refractivity contribution in [3.63, 3.8) is 0 Å². The standard InChI is InChI=1S/C35H41N3O/c1-3-37-24-27-10-4-8-14-33(27)35(26-37,29-12-6-7-13-29)30-20-22-38(23-21-30)25-28-11-5-9-15-34(28)39-32-18-16-31(36-2)17-19-32/h4-5,8-11,14-19,29-30H,3,6-7,12-13,20-26H2,1H3. The number of benzene rings is 3. The van der Waals surface area contributed by atoms with Gasteiger partial charge in [-0.3, -0.25) is 9.80 Å². The van der Waals surface area contributed by atoms with Crippen LogP contribution < -0.4 is 4.74 Å². The minimum Gasteiger partial charge on any atom is -0.457 e. The van der Waals surface area contributed by atoms with Gasteiger partial charge < -0.3 is 4.74 Å². The molecule has 6 rings (SSSR count). The molecule has 3 aromatic rings. The summed E-state index contributed by atoms with van der Waals surface area (Å²) in [6.07, 6.45) is 8.13. The molecule has 2 aliphatic heterocycles. The van der Waals surface area contributed by atoms with Gasteiger partial charge in [0.15, 0.2) is 5.69 Å². The van der Waals surface area contributed by atoms with Crippen molar-refractivity contribution in [1.29, 1.82) is 0 Å². The van der Waals surface area contributed by atoms with Gasteiger partial charge in [0.25, 0.3) is 0 Å². The molecule has 1 saturated heterocycles. The first-order valence-corrected chi connectivity index (χ1v) is 15.0. The normalized spacial score (nSPS) is 22.9. The summed E-state index contributed by atoms with van der Waals surface area (Å²) in [5, 5.41) is 0. The van der Waals surface area contributed by atoms with E-state index in [4.69, 9.17) is 11.3 Å². The van der Waals surface area contributed by atoms with Crippen molar-refractivity contribution in [3.05, 3.63) is 101 Å². The Bertz CT molecular complexity index is 1300. The minimum atomic E-state index is 0.298. The molecule has 1 saturated carbocycles. The number of likely N-dealkylation sites (tertiary alicyclic amines) is 1. The first-order valence-electron chi connectivity index (χ1n) is 15.0. The monoisotopic (exact) mass is 519 g/mol. The molecule has 3 aliphatic rings. The van der Waals surface area contributed by atoms with Crippen molar-refractivity contribution < 1.29 is 4.74 Å². The first-order chi connectivity index (χ1) is 19.2. The molecular weight excluding hydrogens is 478 g/mol. The highest BCUT2D eigenvalue weighted by molar-refractivity contribution is 5.48. The fourth-order valence-electron chi connectivity index (χ4n) is 7.86. The van der Waals surface area contributed by atoms with Crippen molar-refractivity contribution in [2.75, 3.05) is 26.2 Å². The number of piperidine rings is 1. The van der Waals surface area contributed by atoms with Crippen LogP contribution in [0.3, 0.4) is 0 Å². The summed E-state index contributed by atoms with van der Waals surface area (Å²) in [6, 6.07) is 25.3. The van der Waals surface area contributed by atoms with Crippen LogP contribution in [-0.2, 0) is 18.5 Å². The molecule has 0 aromatic heterocycles. The molecule has 2 heterocycles. The van der Waals surface area contributed by atoms with Crippen molar-refractivity contribution >= 4 is 5.69 Å². The number of ether oxygens (including phenoxy) is 1. The van der Waals surface area contributed by atoms with E-state index < -0.39 is 0 Å². The molecule has 1 aliphatic carbocycles. The van der Waals surface area contributed by atoms with E-state index in [9.17, 15) is 0 Å². The largest absolute Gasteiger partial charge is 0.457 e. The lowest BCUT2D eigenvalue weighted by Crippen LogP contribution is -2.56. The summed E-state index contributed by atoms with van der Waals surface area (Å²) in [5.41, 5.74) is 5.43. The summed E-state index contributed by atoms with van der Waals surface area (Å²) in [6.45, 7) is 16.2. The molecule has 0 spiro atoms. The Kier molecular flexibility index (Phi) is 7.73. The molecule has 0 amide bonds. The zero-order chi connectivity index (χ0) is 26.7. The molecule has 3 aromatic carbocycles. The van der Waals surface area contributed by atoms with E-state index >= 15 is 0 Å². The predicted molar refractivity (Wildman–Crippen MR) is 158 cm³/mol. The number of fused-ring (bicyclic) bond motifs is 1. The average molecular weight is 520 g/mol. The van der Waals surface area contributed by atoms with Gasteiger partial charge in [0.1, 0.15) is 11.5 Å². The molecule has 0 bridgehead atoms. The van der Waals surface area contributed by atoms with Gasteiger partial charge in [-0.1, -0.05) is 74.4 Å². The average Bonchev–Trinajstić information content (AvgIpc) is 3.54. The van der Waals surface area contributed by atoms with Gasteiger partial charge in [0.2, 0.25) is 0 Å². The summed E-state index contributed by atoms with van der Waals surface area (Å²) >= 11 is 0. The summed E-state index contributed by atoms with van der Waals surface area (Å²) in [5.74, 6) is 3.24. The summed E-state index contributed by atoms with van der Waals surface area (Å²) in [4.78, 5) is 8.85. The van der Waals surface area contributed by atoms with Gasteiger partial charge in [0, 0.05) is 30.6 Å². The maximum Gasteiger partial charge on any atom is 0.187 e. The number of likely N-dealkylation sites (N-methyl/N-ethyl adjacent to an activating group) is 1. The maximum atomic E-state index is 7.18. The SMILES string of the molecule is [C-]#[N+]c1ccc(Oc2ccccc2CN2CCC(C3(C4CCCC4)CN(CC)Cc4ccccc43)CC2)cc1. The second-order valence-electron chi connectivity index (χ2n) is 11.8. The highest BCUT2D eigenvalue weighted by atomic mass is 16.5. The van der Waals surface area contributed by atoms with E-state index in [1.165, 1.54) is 50.6 Å². The van der Waals surface area contributed by atoms with E-state index in [0.29, 0.717) is 11.1 Å². The van der Waals surface area contributed by atoms with Crippen LogP contribution in [0, 0.1) is 18.4 Å². The van der Waals surface area contributed by atoms with Crippen LogP contribution in [-0.4, -0.2) is 36.0 Å². The van der Waals surface area contributed by atoms with Gasteiger partial charge in [-0.2, -0.15) is 0 Å². The van der Waals surface area contributed by atoms with Gasteiger partial charge in [0.05, 0.1) is 6.57 Å². The minimum absolute atomic E-state index is 0.298. The van der Waals surface area contributed by atoms with Crippen LogP contribution in [0.5, 0.6) is 11.5 Å². The number of hydrogen-bond acceptors (Lipinski definition) is 3. The zero-order valence-corrected chi connectivity index (χ0v) is 23.3. The van der Waals surface area contributed by atoms with Crippen LogP contribution >= 0.6 is 0 Å². The molecule has 39 heavy (non-hydrogen) atoms. The van der Waals surface area contributed by atoms with E-state index in [2.05, 4.69) is 64.0 Å².